The summed E-state index contributed by atoms with van der Waals surface area (Å²) in [5.41, 5.74) is 0. The molecule has 84 valence electrons. The van der Waals surface area contributed by atoms with Crippen molar-refractivity contribution in [2.75, 3.05) is 6.61 Å². The second-order valence-electron chi connectivity index (χ2n) is 3.82. The summed E-state index contributed by atoms with van der Waals surface area (Å²) >= 11 is 0. The smallest absolute Gasteiger partial charge is 0.246 e. The number of carbonyl (C=O) groups is 1. The average Bonchev–Trinajstić information content (AvgIpc) is 2.14. The van der Waals surface area contributed by atoms with Crippen molar-refractivity contribution in [3.63, 3.8) is 0 Å². The lowest BCUT2D eigenvalue weighted by Gasteiger charge is -2.16. The summed E-state index contributed by atoms with van der Waals surface area (Å²) in [6, 6.07) is 0.309. The molecule has 0 rings (SSSR count). The number of hydrogen-bond donors (Lipinski definition) is 1. The molecule has 1 N–H and O–H groups in total. The first-order chi connectivity index (χ1) is 6.60. The van der Waals surface area contributed by atoms with Crippen molar-refractivity contribution >= 4 is 5.91 Å². The van der Waals surface area contributed by atoms with Gasteiger partial charge in [-0.2, -0.15) is 0 Å². The molecule has 0 radical (unpaired) electrons. The predicted octanol–water partition coefficient (Wildman–Crippen LogP) is 2.11. The Morgan fingerprint density at radius 3 is 2.43 bits per heavy atom. The van der Waals surface area contributed by atoms with E-state index in [0.717, 1.165) is 19.3 Å². The van der Waals surface area contributed by atoms with Gasteiger partial charge in [0.25, 0.3) is 0 Å². The van der Waals surface area contributed by atoms with Gasteiger partial charge in [0, 0.05) is 6.04 Å². The number of ether oxygens (including phenoxy) is 1. The summed E-state index contributed by atoms with van der Waals surface area (Å²) in [4.78, 5) is 11.4. The van der Waals surface area contributed by atoms with Gasteiger partial charge in [-0.3, -0.25) is 4.79 Å². The minimum absolute atomic E-state index is 0.000926. The third-order valence-electron chi connectivity index (χ3n) is 2.04. The van der Waals surface area contributed by atoms with Crippen LogP contribution in [0.1, 0.15) is 47.0 Å². The van der Waals surface area contributed by atoms with Gasteiger partial charge in [-0.05, 0) is 26.7 Å². The molecule has 0 fully saturated rings. The van der Waals surface area contributed by atoms with Crippen molar-refractivity contribution in [1.29, 1.82) is 0 Å². The molecule has 0 aliphatic carbocycles. The summed E-state index contributed by atoms with van der Waals surface area (Å²) in [6.07, 6.45) is 3.25. The Hall–Kier alpha value is -0.570. The van der Waals surface area contributed by atoms with Crippen LogP contribution >= 0.6 is 0 Å². The topological polar surface area (TPSA) is 38.3 Å². The van der Waals surface area contributed by atoms with E-state index in [0.29, 0.717) is 6.04 Å². The lowest BCUT2D eigenvalue weighted by molar-refractivity contribution is -0.127. The van der Waals surface area contributed by atoms with Crippen molar-refractivity contribution < 1.29 is 9.53 Å². The van der Waals surface area contributed by atoms with E-state index in [9.17, 15) is 4.79 Å². The molecule has 0 aromatic rings. The van der Waals surface area contributed by atoms with Gasteiger partial charge in [0.2, 0.25) is 5.91 Å². The Morgan fingerprint density at radius 2 is 2.00 bits per heavy atom. The van der Waals surface area contributed by atoms with Crippen LogP contribution in [0.15, 0.2) is 0 Å². The first-order valence-corrected chi connectivity index (χ1v) is 5.51. The van der Waals surface area contributed by atoms with Crippen LogP contribution < -0.4 is 5.32 Å². The summed E-state index contributed by atoms with van der Waals surface area (Å²) < 4.78 is 5.22. The highest BCUT2D eigenvalue weighted by Gasteiger charge is 2.09. The van der Waals surface area contributed by atoms with Gasteiger partial charge >= 0.3 is 0 Å². The summed E-state index contributed by atoms with van der Waals surface area (Å²) in [6.45, 7) is 8.24. The fourth-order valence-electron chi connectivity index (χ4n) is 1.24. The second-order valence-corrected chi connectivity index (χ2v) is 3.82. The van der Waals surface area contributed by atoms with Gasteiger partial charge in [-0.1, -0.05) is 20.3 Å². The van der Waals surface area contributed by atoms with Crippen LogP contribution in [0.3, 0.4) is 0 Å². The molecule has 0 saturated heterocycles. The third kappa shape index (κ3) is 6.89. The summed E-state index contributed by atoms with van der Waals surface area (Å²) in [5, 5.41) is 2.96. The van der Waals surface area contributed by atoms with Gasteiger partial charge in [0.05, 0.1) is 6.10 Å². The predicted molar refractivity (Wildman–Crippen MR) is 58.2 cm³/mol. The van der Waals surface area contributed by atoms with Crippen molar-refractivity contribution in [2.45, 2.75) is 59.1 Å². The molecule has 0 aliphatic heterocycles. The molecular weight excluding hydrogens is 178 g/mol. The Bertz CT molecular complexity index is 157. The van der Waals surface area contributed by atoms with E-state index in [2.05, 4.69) is 19.2 Å². The van der Waals surface area contributed by atoms with Crippen molar-refractivity contribution in [3.05, 3.63) is 0 Å². The van der Waals surface area contributed by atoms with Gasteiger partial charge in [0.1, 0.15) is 6.61 Å². The van der Waals surface area contributed by atoms with Crippen LogP contribution in [0.5, 0.6) is 0 Å². The highest BCUT2D eigenvalue weighted by atomic mass is 16.5. The number of nitrogens with one attached hydrogen (secondary N) is 1. The maximum atomic E-state index is 11.4. The van der Waals surface area contributed by atoms with Gasteiger partial charge in [-0.15, -0.1) is 0 Å². The first-order valence-electron chi connectivity index (χ1n) is 5.51. The van der Waals surface area contributed by atoms with E-state index in [1.807, 2.05) is 13.8 Å². The number of hydrogen-bond acceptors (Lipinski definition) is 2. The molecule has 1 atom stereocenters. The molecule has 3 nitrogen and oxygen atoms in total. The zero-order chi connectivity index (χ0) is 11.0. The van der Waals surface area contributed by atoms with Crippen LogP contribution in [0, 0.1) is 0 Å². The Kier molecular flexibility index (Phi) is 7.48. The minimum atomic E-state index is -0.000926. The zero-order valence-electron chi connectivity index (χ0n) is 9.80. The highest BCUT2D eigenvalue weighted by Crippen LogP contribution is 2.00. The fourth-order valence-corrected chi connectivity index (χ4v) is 1.24. The maximum Gasteiger partial charge on any atom is 0.246 e. The Balaban J connectivity index is 3.67. The molecule has 0 saturated carbocycles. The normalized spacial score (nSPS) is 12.9. The Labute approximate surface area is 87.2 Å². The van der Waals surface area contributed by atoms with E-state index >= 15 is 0 Å². The van der Waals surface area contributed by atoms with E-state index in [4.69, 9.17) is 4.74 Å². The largest absolute Gasteiger partial charge is 0.369 e. The molecule has 3 heteroatoms. The van der Waals surface area contributed by atoms with Gasteiger partial charge in [0.15, 0.2) is 0 Å². The summed E-state index contributed by atoms with van der Waals surface area (Å²) in [7, 11) is 0. The van der Waals surface area contributed by atoms with Crippen LogP contribution in [0.25, 0.3) is 0 Å². The standard InChI is InChI=1S/C11H23NO2/c1-5-7-10(6-2)12-11(13)8-14-9(3)4/h9-10H,5-8H2,1-4H3,(H,12,13). The van der Waals surface area contributed by atoms with E-state index in [1.165, 1.54) is 0 Å². The van der Waals surface area contributed by atoms with Crippen LogP contribution in [-0.4, -0.2) is 24.7 Å². The quantitative estimate of drug-likeness (QED) is 0.685. The molecule has 0 bridgehead atoms. The lowest BCUT2D eigenvalue weighted by Crippen LogP contribution is -2.37. The average molecular weight is 201 g/mol. The molecule has 0 aromatic carbocycles. The zero-order valence-corrected chi connectivity index (χ0v) is 9.80. The monoisotopic (exact) mass is 201 g/mol. The lowest BCUT2D eigenvalue weighted by atomic mass is 10.1. The van der Waals surface area contributed by atoms with Gasteiger partial charge in [-0.25, -0.2) is 0 Å². The third-order valence-corrected chi connectivity index (χ3v) is 2.04. The van der Waals surface area contributed by atoms with Gasteiger partial charge < -0.3 is 10.1 Å². The molecule has 14 heavy (non-hydrogen) atoms. The van der Waals surface area contributed by atoms with Crippen molar-refractivity contribution in [3.8, 4) is 0 Å². The molecule has 0 aliphatic rings. The van der Waals surface area contributed by atoms with E-state index in [1.54, 1.807) is 0 Å². The minimum Gasteiger partial charge on any atom is -0.369 e. The molecule has 1 amide bonds. The SMILES string of the molecule is CCCC(CC)NC(=O)COC(C)C. The Morgan fingerprint density at radius 1 is 1.36 bits per heavy atom. The fraction of sp³-hybridized carbons (Fsp3) is 0.909. The van der Waals surface area contributed by atoms with Crippen LogP contribution in [0.4, 0.5) is 0 Å². The first kappa shape index (κ1) is 13.4. The molecule has 0 heterocycles. The highest BCUT2D eigenvalue weighted by molar-refractivity contribution is 5.77. The number of carbonyl (C=O) groups excluding carboxylic acids is 1. The van der Waals surface area contributed by atoms with Crippen LogP contribution in [-0.2, 0) is 9.53 Å². The second kappa shape index (κ2) is 7.80. The summed E-state index contributed by atoms with van der Waals surface area (Å²) in [5.74, 6) is -0.000926. The maximum absolute atomic E-state index is 11.4. The van der Waals surface area contributed by atoms with E-state index in [-0.39, 0.29) is 18.6 Å². The van der Waals surface area contributed by atoms with Crippen LogP contribution in [0.2, 0.25) is 0 Å². The number of amides is 1. The molecule has 1 unspecified atom stereocenters. The van der Waals surface area contributed by atoms with Crippen molar-refractivity contribution in [2.24, 2.45) is 0 Å². The van der Waals surface area contributed by atoms with E-state index < -0.39 is 0 Å². The number of rotatable bonds is 7. The molecule has 0 aromatic heterocycles. The molecular formula is C11H23NO2. The van der Waals surface area contributed by atoms with Crippen molar-refractivity contribution in [1.82, 2.24) is 5.32 Å². The molecule has 0 spiro atoms.